The van der Waals surface area contributed by atoms with Gasteiger partial charge in [-0.15, -0.1) is 10.2 Å². The van der Waals surface area contributed by atoms with Gasteiger partial charge in [0.15, 0.2) is 18.1 Å². The monoisotopic (exact) mass is 304 g/mol. The van der Waals surface area contributed by atoms with Gasteiger partial charge < -0.3 is 9.47 Å². The summed E-state index contributed by atoms with van der Waals surface area (Å²) in [6.45, 7) is 1.60. The molecule has 2 aromatic rings. The average molecular weight is 304 g/mol. The maximum absolute atomic E-state index is 11.7. The molecule has 0 fully saturated rings. The molecule has 1 aromatic heterocycles. The van der Waals surface area contributed by atoms with E-state index in [4.69, 9.17) is 14.7 Å². The summed E-state index contributed by atoms with van der Waals surface area (Å²) in [5.41, 5.74) is 0.452. The van der Waals surface area contributed by atoms with E-state index in [1.54, 1.807) is 25.1 Å². The molecule has 0 radical (unpaired) electrons. The fourth-order valence-electron chi connectivity index (χ4n) is 1.50. The van der Waals surface area contributed by atoms with Crippen LogP contribution in [0.15, 0.2) is 18.2 Å². The second kappa shape index (κ2) is 6.67. The third kappa shape index (κ3) is 3.90. The van der Waals surface area contributed by atoms with E-state index in [-0.39, 0.29) is 12.5 Å². The number of aryl methyl sites for hydroxylation is 1. The van der Waals surface area contributed by atoms with E-state index in [0.29, 0.717) is 22.2 Å². The summed E-state index contributed by atoms with van der Waals surface area (Å²) in [6.07, 6.45) is 0. The number of carbonyl (C=O) groups is 1. The molecule has 0 unspecified atom stereocenters. The Morgan fingerprint density at radius 2 is 2.24 bits per heavy atom. The van der Waals surface area contributed by atoms with Crippen LogP contribution in [0.4, 0.5) is 5.13 Å². The Hall–Kier alpha value is -2.66. The molecule has 1 amide bonds. The second-order valence-electron chi connectivity index (χ2n) is 3.94. The summed E-state index contributed by atoms with van der Waals surface area (Å²) in [7, 11) is 1.47. The van der Waals surface area contributed by atoms with Crippen LogP contribution in [0.25, 0.3) is 0 Å². The summed E-state index contributed by atoms with van der Waals surface area (Å²) >= 11 is 1.28. The first kappa shape index (κ1) is 14.7. The lowest BCUT2D eigenvalue weighted by molar-refractivity contribution is -0.118. The van der Waals surface area contributed by atoms with Crippen molar-refractivity contribution in [3.05, 3.63) is 28.8 Å². The zero-order valence-corrected chi connectivity index (χ0v) is 12.2. The molecule has 108 valence electrons. The number of amides is 1. The lowest BCUT2D eigenvalue weighted by Gasteiger charge is -2.10. The van der Waals surface area contributed by atoms with Crippen LogP contribution in [0.1, 0.15) is 10.6 Å². The van der Waals surface area contributed by atoms with Crippen LogP contribution in [0.5, 0.6) is 11.5 Å². The predicted molar refractivity (Wildman–Crippen MR) is 76.5 cm³/mol. The Morgan fingerprint density at radius 1 is 1.43 bits per heavy atom. The van der Waals surface area contributed by atoms with E-state index in [1.807, 2.05) is 6.07 Å². The molecule has 8 heteroatoms. The van der Waals surface area contributed by atoms with Crippen LogP contribution in [0.3, 0.4) is 0 Å². The van der Waals surface area contributed by atoms with E-state index in [1.165, 1.54) is 18.4 Å². The SMILES string of the molecule is COc1cc(C#N)ccc1OCC(=O)Nc1nnc(C)s1. The lowest BCUT2D eigenvalue weighted by atomic mass is 10.2. The number of ether oxygens (including phenoxy) is 2. The molecule has 0 aliphatic rings. The molecule has 1 heterocycles. The number of nitrogens with zero attached hydrogens (tertiary/aromatic N) is 3. The van der Waals surface area contributed by atoms with Crippen LogP contribution in [0, 0.1) is 18.3 Å². The number of hydrogen-bond acceptors (Lipinski definition) is 7. The molecule has 1 aromatic carbocycles. The number of carbonyl (C=O) groups excluding carboxylic acids is 1. The molecule has 0 saturated heterocycles. The molecule has 1 N–H and O–H groups in total. The largest absolute Gasteiger partial charge is 0.493 e. The van der Waals surface area contributed by atoms with Crippen LogP contribution < -0.4 is 14.8 Å². The van der Waals surface area contributed by atoms with Gasteiger partial charge in [-0.1, -0.05) is 11.3 Å². The maximum atomic E-state index is 11.7. The minimum atomic E-state index is -0.349. The van der Waals surface area contributed by atoms with Crippen molar-refractivity contribution in [2.24, 2.45) is 0 Å². The number of hydrogen-bond donors (Lipinski definition) is 1. The molecule has 0 bridgehead atoms. The number of anilines is 1. The van der Waals surface area contributed by atoms with Crippen molar-refractivity contribution >= 4 is 22.4 Å². The molecule has 2 rings (SSSR count). The highest BCUT2D eigenvalue weighted by molar-refractivity contribution is 7.15. The summed E-state index contributed by atoms with van der Waals surface area (Å²) in [6, 6.07) is 6.71. The minimum Gasteiger partial charge on any atom is -0.493 e. The van der Waals surface area contributed by atoms with Crippen LogP contribution in [0.2, 0.25) is 0 Å². The molecule has 0 aliphatic carbocycles. The van der Waals surface area contributed by atoms with Gasteiger partial charge in [0.2, 0.25) is 5.13 Å². The van der Waals surface area contributed by atoms with Crippen molar-refractivity contribution in [3.8, 4) is 17.6 Å². The first-order valence-electron chi connectivity index (χ1n) is 5.93. The number of benzene rings is 1. The second-order valence-corrected chi connectivity index (χ2v) is 5.12. The molecule has 0 atom stereocenters. The molecule has 0 aliphatic heterocycles. The fraction of sp³-hybridized carbons (Fsp3) is 0.231. The van der Waals surface area contributed by atoms with Gasteiger partial charge in [-0.05, 0) is 19.1 Å². The van der Waals surface area contributed by atoms with Gasteiger partial charge in [0, 0.05) is 6.07 Å². The number of nitriles is 1. The number of methoxy groups -OCH3 is 1. The van der Waals surface area contributed by atoms with Crippen molar-refractivity contribution < 1.29 is 14.3 Å². The number of rotatable bonds is 5. The van der Waals surface area contributed by atoms with Crippen molar-refractivity contribution in [3.63, 3.8) is 0 Å². The van der Waals surface area contributed by atoms with Crippen molar-refractivity contribution in [2.45, 2.75) is 6.92 Å². The quantitative estimate of drug-likeness (QED) is 0.903. The fourth-order valence-corrected chi connectivity index (χ4v) is 2.11. The van der Waals surface area contributed by atoms with E-state index < -0.39 is 0 Å². The standard InChI is InChI=1S/C13H12N4O3S/c1-8-16-17-13(21-8)15-12(18)7-20-10-4-3-9(6-14)5-11(10)19-2/h3-5H,7H2,1-2H3,(H,15,17,18). The Balaban J connectivity index is 1.96. The zero-order valence-electron chi connectivity index (χ0n) is 11.4. The van der Waals surface area contributed by atoms with Gasteiger partial charge >= 0.3 is 0 Å². The summed E-state index contributed by atoms with van der Waals surface area (Å²) < 4.78 is 10.5. The predicted octanol–water partition coefficient (Wildman–Crippen LogP) is 1.74. The Kier molecular flexibility index (Phi) is 4.68. The van der Waals surface area contributed by atoms with E-state index >= 15 is 0 Å². The first-order valence-corrected chi connectivity index (χ1v) is 6.75. The highest BCUT2D eigenvalue weighted by Gasteiger charge is 2.10. The van der Waals surface area contributed by atoms with Crippen molar-refractivity contribution in [2.75, 3.05) is 19.0 Å². The summed E-state index contributed by atoms with van der Waals surface area (Å²) in [4.78, 5) is 11.7. The van der Waals surface area contributed by atoms with Gasteiger partial charge in [-0.2, -0.15) is 5.26 Å². The summed E-state index contributed by atoms with van der Waals surface area (Å²) in [5, 5.41) is 20.2. The Morgan fingerprint density at radius 3 is 2.86 bits per heavy atom. The van der Waals surface area contributed by atoms with Crippen LogP contribution in [-0.4, -0.2) is 29.8 Å². The highest BCUT2D eigenvalue weighted by Crippen LogP contribution is 2.27. The van der Waals surface area contributed by atoms with Crippen LogP contribution >= 0.6 is 11.3 Å². The van der Waals surface area contributed by atoms with E-state index in [2.05, 4.69) is 15.5 Å². The number of nitrogens with one attached hydrogen (secondary N) is 1. The Bertz CT molecular complexity index is 693. The third-order valence-corrected chi connectivity index (χ3v) is 3.18. The highest BCUT2D eigenvalue weighted by atomic mass is 32.1. The van der Waals surface area contributed by atoms with E-state index in [0.717, 1.165) is 5.01 Å². The van der Waals surface area contributed by atoms with Crippen molar-refractivity contribution in [1.82, 2.24) is 10.2 Å². The molecular formula is C13H12N4O3S. The van der Waals surface area contributed by atoms with Crippen LogP contribution in [-0.2, 0) is 4.79 Å². The topological polar surface area (TPSA) is 97.1 Å². The maximum Gasteiger partial charge on any atom is 0.264 e. The minimum absolute atomic E-state index is 0.194. The Labute approximate surface area is 125 Å². The van der Waals surface area contributed by atoms with Gasteiger partial charge in [0.25, 0.3) is 5.91 Å². The smallest absolute Gasteiger partial charge is 0.264 e. The molecule has 0 saturated carbocycles. The molecular weight excluding hydrogens is 292 g/mol. The normalized spacial score (nSPS) is 9.76. The van der Waals surface area contributed by atoms with Gasteiger partial charge in [-0.25, -0.2) is 0 Å². The average Bonchev–Trinajstić information content (AvgIpc) is 2.90. The number of aromatic nitrogens is 2. The van der Waals surface area contributed by atoms with Gasteiger partial charge in [-0.3, -0.25) is 10.1 Å². The third-order valence-electron chi connectivity index (χ3n) is 2.42. The summed E-state index contributed by atoms with van der Waals surface area (Å²) in [5.74, 6) is 0.436. The zero-order chi connectivity index (χ0) is 15.2. The molecule has 21 heavy (non-hydrogen) atoms. The van der Waals surface area contributed by atoms with Crippen molar-refractivity contribution in [1.29, 1.82) is 5.26 Å². The van der Waals surface area contributed by atoms with Gasteiger partial charge in [0.1, 0.15) is 5.01 Å². The lowest BCUT2D eigenvalue weighted by Crippen LogP contribution is -2.20. The molecule has 0 spiro atoms. The van der Waals surface area contributed by atoms with Gasteiger partial charge in [0.05, 0.1) is 18.7 Å². The molecule has 7 nitrogen and oxygen atoms in total. The van der Waals surface area contributed by atoms with E-state index in [9.17, 15) is 4.79 Å². The first-order chi connectivity index (χ1) is 10.1.